The average Bonchev–Trinajstić information content (AvgIpc) is 3.35. The van der Waals surface area contributed by atoms with Crippen molar-refractivity contribution < 1.29 is 4.79 Å². The fourth-order valence-electron chi connectivity index (χ4n) is 3.40. The Morgan fingerprint density at radius 2 is 2.00 bits per heavy atom. The number of benzene rings is 2. The summed E-state index contributed by atoms with van der Waals surface area (Å²) in [5.74, 6) is 0.281. The van der Waals surface area contributed by atoms with E-state index in [-0.39, 0.29) is 5.91 Å². The Hall–Kier alpha value is -2.86. The van der Waals surface area contributed by atoms with E-state index in [1.807, 2.05) is 60.7 Å². The monoisotopic (exact) mass is 495 g/mol. The summed E-state index contributed by atoms with van der Waals surface area (Å²) >= 11 is 8.90. The van der Waals surface area contributed by atoms with E-state index in [9.17, 15) is 10.1 Å². The largest absolute Gasteiger partial charge is 0.384 e. The smallest absolute Gasteiger partial charge is 0.269 e. The molecule has 4 rings (SSSR count). The molecular formula is C24H22ClN5OS2. The number of amidine groups is 1. The number of amides is 1. The molecule has 9 heteroatoms. The van der Waals surface area contributed by atoms with Crippen LogP contribution in [0.1, 0.15) is 18.1 Å². The highest BCUT2D eigenvalue weighted by molar-refractivity contribution is 8.19. The molecule has 0 radical (unpaired) electrons. The molecule has 1 amide bonds. The van der Waals surface area contributed by atoms with Gasteiger partial charge in [-0.3, -0.25) is 9.69 Å². The maximum atomic E-state index is 13.6. The Balaban J connectivity index is 1.78. The summed E-state index contributed by atoms with van der Waals surface area (Å²) in [5.41, 5.74) is 3.92. The molecule has 1 N–H and O–H groups in total. The summed E-state index contributed by atoms with van der Waals surface area (Å²) in [4.78, 5) is 22.7. The molecule has 0 saturated carbocycles. The van der Waals surface area contributed by atoms with E-state index >= 15 is 0 Å². The number of hydrogen-bond acceptors (Lipinski definition) is 7. The lowest BCUT2D eigenvalue weighted by Gasteiger charge is -2.18. The third kappa shape index (κ3) is 4.91. The van der Waals surface area contributed by atoms with Crippen molar-refractivity contribution in [1.29, 1.82) is 5.26 Å². The number of nitrogens with zero attached hydrogens (tertiary/aromatic N) is 4. The van der Waals surface area contributed by atoms with E-state index in [2.05, 4.69) is 11.4 Å². The van der Waals surface area contributed by atoms with Crippen LogP contribution in [0.4, 0.5) is 11.4 Å². The predicted molar refractivity (Wildman–Crippen MR) is 138 cm³/mol. The molecule has 0 aromatic heterocycles. The van der Waals surface area contributed by atoms with Crippen molar-refractivity contribution in [3.05, 3.63) is 80.7 Å². The normalized spacial score (nSPS) is 19.3. The van der Waals surface area contributed by atoms with Gasteiger partial charge < -0.3 is 10.2 Å². The SMILES string of the molecule is CCNc1ccc(C#N)cc1N=C1S/C(=C2\SC=C(CCl)N2C)C(=O)N1Cc1ccccc1. The molecule has 6 nitrogen and oxygen atoms in total. The molecule has 2 aliphatic heterocycles. The van der Waals surface area contributed by atoms with Crippen molar-refractivity contribution in [3.63, 3.8) is 0 Å². The van der Waals surface area contributed by atoms with Gasteiger partial charge in [-0.25, -0.2) is 4.99 Å². The second-order valence-electron chi connectivity index (χ2n) is 7.30. The molecule has 2 aliphatic rings. The number of hydrogen-bond donors (Lipinski definition) is 1. The number of carbonyl (C=O) groups excluding carboxylic acids is 1. The molecule has 2 heterocycles. The van der Waals surface area contributed by atoms with Gasteiger partial charge in [-0.2, -0.15) is 5.26 Å². The van der Waals surface area contributed by atoms with Crippen molar-refractivity contribution in [2.24, 2.45) is 4.99 Å². The molecule has 0 atom stereocenters. The number of carbonyl (C=O) groups is 1. The molecule has 0 bridgehead atoms. The Labute approximate surface area is 207 Å². The van der Waals surface area contributed by atoms with Crippen LogP contribution >= 0.6 is 35.1 Å². The van der Waals surface area contributed by atoms with Gasteiger partial charge in [0.1, 0.15) is 4.91 Å². The van der Waals surface area contributed by atoms with Crippen LogP contribution in [0.3, 0.4) is 0 Å². The number of thioether (sulfide) groups is 2. The van der Waals surface area contributed by atoms with Crippen LogP contribution in [0.2, 0.25) is 0 Å². The summed E-state index contributed by atoms with van der Waals surface area (Å²) in [6.45, 7) is 3.12. The van der Waals surface area contributed by atoms with Crippen molar-refractivity contribution in [1.82, 2.24) is 9.80 Å². The number of nitriles is 1. The first kappa shape index (κ1) is 23.3. The zero-order chi connectivity index (χ0) is 23.4. The molecular weight excluding hydrogens is 474 g/mol. The van der Waals surface area contributed by atoms with Crippen molar-refractivity contribution in [3.8, 4) is 6.07 Å². The standard InChI is InChI=1S/C24H22ClN5OS2/c1-3-27-19-10-9-17(13-26)11-20(19)28-24-30(14-16-7-5-4-6-8-16)22(31)21(33-24)23-29(2)18(12-25)15-32-23/h4-11,15,27H,3,12,14H2,1-2H3/b23-21-,28-24?. The zero-order valence-corrected chi connectivity index (χ0v) is 20.6. The maximum absolute atomic E-state index is 13.6. The molecule has 168 valence electrons. The van der Waals surface area contributed by atoms with E-state index < -0.39 is 0 Å². The topological polar surface area (TPSA) is 71.7 Å². The lowest BCUT2D eigenvalue weighted by Crippen LogP contribution is -2.29. The van der Waals surface area contributed by atoms with Crippen LogP contribution < -0.4 is 5.32 Å². The number of allylic oxidation sites excluding steroid dienone is 1. The van der Waals surface area contributed by atoms with Crippen LogP contribution in [-0.4, -0.2) is 40.3 Å². The number of rotatable bonds is 6. The second kappa shape index (κ2) is 10.4. The number of nitrogens with one attached hydrogen (secondary N) is 1. The fourth-order valence-corrected chi connectivity index (χ4v) is 5.98. The first-order valence-corrected chi connectivity index (χ1v) is 12.6. The number of alkyl halides is 1. The first-order valence-electron chi connectivity index (χ1n) is 10.4. The van der Waals surface area contributed by atoms with E-state index in [4.69, 9.17) is 16.6 Å². The van der Waals surface area contributed by atoms with Gasteiger partial charge >= 0.3 is 0 Å². The minimum atomic E-state index is -0.0948. The van der Waals surface area contributed by atoms with E-state index in [1.165, 1.54) is 23.5 Å². The molecule has 0 spiro atoms. The van der Waals surface area contributed by atoms with E-state index in [1.54, 1.807) is 17.0 Å². The van der Waals surface area contributed by atoms with Gasteiger partial charge in [-0.15, -0.1) is 11.6 Å². The maximum Gasteiger partial charge on any atom is 0.269 e. The van der Waals surface area contributed by atoms with Crippen LogP contribution in [-0.2, 0) is 11.3 Å². The molecule has 2 aromatic carbocycles. The van der Waals surface area contributed by atoms with Crippen LogP contribution in [0, 0.1) is 11.3 Å². The summed E-state index contributed by atoms with van der Waals surface area (Å²) in [6, 6.07) is 17.4. The highest BCUT2D eigenvalue weighted by Gasteiger charge is 2.38. The van der Waals surface area contributed by atoms with Crippen molar-refractivity contribution >= 4 is 57.6 Å². The number of aliphatic imine (C=N–C) groups is 1. The summed E-state index contributed by atoms with van der Waals surface area (Å²) < 4.78 is 0. The molecule has 1 saturated heterocycles. The molecule has 1 fully saturated rings. The molecule has 2 aromatic rings. The minimum Gasteiger partial charge on any atom is -0.384 e. The van der Waals surface area contributed by atoms with Crippen molar-refractivity contribution in [2.45, 2.75) is 13.5 Å². The van der Waals surface area contributed by atoms with Gasteiger partial charge in [0.25, 0.3) is 5.91 Å². The Morgan fingerprint density at radius 1 is 1.21 bits per heavy atom. The van der Waals surface area contributed by atoms with E-state index in [0.717, 1.165) is 22.0 Å². The minimum absolute atomic E-state index is 0.0948. The lowest BCUT2D eigenvalue weighted by atomic mass is 10.2. The fraction of sp³-hybridized carbons (Fsp3) is 0.208. The molecule has 0 aliphatic carbocycles. The van der Waals surface area contributed by atoms with Gasteiger partial charge in [-0.1, -0.05) is 42.1 Å². The second-order valence-corrected chi connectivity index (χ2v) is 9.40. The van der Waals surface area contributed by atoms with Gasteiger partial charge in [0.05, 0.1) is 40.5 Å². The lowest BCUT2D eigenvalue weighted by molar-refractivity contribution is -0.122. The third-order valence-electron chi connectivity index (χ3n) is 5.13. The molecule has 33 heavy (non-hydrogen) atoms. The predicted octanol–water partition coefficient (Wildman–Crippen LogP) is 5.68. The Bertz CT molecular complexity index is 1200. The number of anilines is 1. The van der Waals surface area contributed by atoms with Crippen molar-refractivity contribution in [2.75, 3.05) is 24.8 Å². The van der Waals surface area contributed by atoms with Crippen LogP contribution in [0.15, 0.2) is 74.6 Å². The summed E-state index contributed by atoms with van der Waals surface area (Å²) in [6.07, 6.45) is 0. The summed E-state index contributed by atoms with van der Waals surface area (Å²) in [5, 5.41) is 16.1. The van der Waals surface area contributed by atoms with Gasteiger partial charge in [0.2, 0.25) is 0 Å². The highest BCUT2D eigenvalue weighted by Crippen LogP contribution is 2.44. The third-order valence-corrected chi connectivity index (χ3v) is 7.69. The van der Waals surface area contributed by atoms with Gasteiger partial charge in [0, 0.05) is 19.3 Å². The number of halogens is 1. The Morgan fingerprint density at radius 3 is 2.67 bits per heavy atom. The van der Waals surface area contributed by atoms with E-state index in [0.29, 0.717) is 40.3 Å². The zero-order valence-electron chi connectivity index (χ0n) is 18.2. The first-order chi connectivity index (χ1) is 16.0. The van der Waals surface area contributed by atoms with Crippen LogP contribution in [0.25, 0.3) is 0 Å². The average molecular weight is 496 g/mol. The summed E-state index contributed by atoms with van der Waals surface area (Å²) in [7, 11) is 1.92. The van der Waals surface area contributed by atoms with Gasteiger partial charge in [0.15, 0.2) is 5.17 Å². The highest BCUT2D eigenvalue weighted by atomic mass is 35.5. The van der Waals surface area contributed by atoms with Crippen LogP contribution in [0.5, 0.6) is 0 Å². The van der Waals surface area contributed by atoms with Gasteiger partial charge in [-0.05, 0) is 47.9 Å². The quantitative estimate of drug-likeness (QED) is 0.410. The Kier molecular flexibility index (Phi) is 7.33. The molecule has 0 unspecified atom stereocenters.